The van der Waals surface area contributed by atoms with Gasteiger partial charge in [0, 0.05) is 0 Å². The maximum atomic E-state index is 12.8. The third-order valence-electron chi connectivity index (χ3n) is 3.21. The van der Waals surface area contributed by atoms with Crippen molar-refractivity contribution in [2.75, 3.05) is 7.11 Å². The van der Waals surface area contributed by atoms with Gasteiger partial charge in [-0.2, -0.15) is 13.2 Å². The summed E-state index contributed by atoms with van der Waals surface area (Å²) >= 11 is 0. The zero-order valence-corrected chi connectivity index (χ0v) is 12.2. The van der Waals surface area contributed by atoms with E-state index >= 15 is 0 Å². The van der Waals surface area contributed by atoms with Crippen LogP contribution in [0.1, 0.15) is 17.2 Å². The number of benzene rings is 2. The van der Waals surface area contributed by atoms with Crippen molar-refractivity contribution in [1.29, 1.82) is 0 Å². The highest BCUT2D eigenvalue weighted by Crippen LogP contribution is 2.35. The first-order chi connectivity index (χ1) is 10.8. The van der Waals surface area contributed by atoms with Crippen LogP contribution in [0, 0.1) is 5.82 Å². The normalized spacial score (nSPS) is 12.8. The molecule has 2 aromatic carbocycles. The summed E-state index contributed by atoms with van der Waals surface area (Å²) in [6, 6.07) is 7.39. The highest BCUT2D eigenvalue weighted by molar-refractivity contribution is 5.44. The largest absolute Gasteiger partial charge is 0.493 e. The van der Waals surface area contributed by atoms with Crippen LogP contribution >= 0.6 is 0 Å². The number of alkyl halides is 3. The number of rotatable bonds is 5. The molecule has 0 saturated carbocycles. The van der Waals surface area contributed by atoms with E-state index in [0.717, 1.165) is 0 Å². The Kier molecular flexibility index (Phi) is 5.10. The first kappa shape index (κ1) is 17.1. The number of ether oxygens (including phenoxy) is 2. The molecule has 2 rings (SSSR count). The molecule has 2 N–H and O–H groups in total. The van der Waals surface area contributed by atoms with Gasteiger partial charge >= 0.3 is 6.18 Å². The van der Waals surface area contributed by atoms with Crippen molar-refractivity contribution in [2.45, 2.75) is 18.8 Å². The van der Waals surface area contributed by atoms with Crippen molar-refractivity contribution >= 4 is 0 Å². The van der Waals surface area contributed by atoms with E-state index in [0.29, 0.717) is 5.56 Å². The Hall–Kier alpha value is -2.28. The smallest absolute Gasteiger partial charge is 0.407 e. The lowest BCUT2D eigenvalue weighted by Gasteiger charge is -2.18. The summed E-state index contributed by atoms with van der Waals surface area (Å²) < 4.78 is 61.3. The molecule has 0 aromatic heterocycles. The minimum absolute atomic E-state index is 0.122. The molecule has 2 aromatic rings. The van der Waals surface area contributed by atoms with Crippen LogP contribution in [0.25, 0.3) is 0 Å². The predicted octanol–water partition coefficient (Wildman–Crippen LogP) is 3.98. The zero-order valence-electron chi connectivity index (χ0n) is 12.2. The second kappa shape index (κ2) is 6.87. The van der Waals surface area contributed by atoms with Crippen molar-refractivity contribution in [3.05, 3.63) is 59.4 Å². The Bertz CT molecular complexity index is 656. The van der Waals surface area contributed by atoms with Crippen LogP contribution in [0.15, 0.2) is 42.5 Å². The van der Waals surface area contributed by atoms with Gasteiger partial charge in [-0.25, -0.2) is 4.39 Å². The average Bonchev–Trinajstić information content (AvgIpc) is 2.52. The third kappa shape index (κ3) is 4.35. The summed E-state index contributed by atoms with van der Waals surface area (Å²) in [7, 11) is 1.32. The van der Waals surface area contributed by atoms with Crippen LogP contribution in [0.2, 0.25) is 0 Å². The summed E-state index contributed by atoms with van der Waals surface area (Å²) in [5, 5.41) is 0. The minimum atomic E-state index is -4.54. The molecule has 0 heterocycles. The highest BCUT2D eigenvalue weighted by Gasteiger charge is 2.38. The zero-order chi connectivity index (χ0) is 17.0. The van der Waals surface area contributed by atoms with E-state index < -0.39 is 12.2 Å². The number of hydrogen-bond donors (Lipinski definition) is 1. The predicted molar refractivity (Wildman–Crippen MR) is 76.7 cm³/mol. The maximum Gasteiger partial charge on any atom is 0.407 e. The van der Waals surface area contributed by atoms with Crippen LogP contribution in [0.3, 0.4) is 0 Å². The van der Waals surface area contributed by atoms with Gasteiger partial charge in [0.1, 0.15) is 18.5 Å². The minimum Gasteiger partial charge on any atom is -0.493 e. The fourth-order valence-corrected chi connectivity index (χ4v) is 1.93. The Morgan fingerprint density at radius 3 is 2.26 bits per heavy atom. The van der Waals surface area contributed by atoms with Crippen LogP contribution in [-0.4, -0.2) is 13.3 Å². The van der Waals surface area contributed by atoms with Crippen LogP contribution in [0.5, 0.6) is 11.5 Å². The van der Waals surface area contributed by atoms with E-state index in [2.05, 4.69) is 0 Å². The quantitative estimate of drug-likeness (QED) is 0.844. The maximum absolute atomic E-state index is 12.8. The second-order valence-electron chi connectivity index (χ2n) is 4.84. The average molecular weight is 329 g/mol. The van der Waals surface area contributed by atoms with Gasteiger partial charge in [-0.3, -0.25) is 0 Å². The van der Waals surface area contributed by atoms with Gasteiger partial charge in [0.15, 0.2) is 11.5 Å². The van der Waals surface area contributed by atoms with E-state index in [1.807, 2.05) is 0 Å². The van der Waals surface area contributed by atoms with Crippen molar-refractivity contribution < 1.29 is 27.0 Å². The summed E-state index contributed by atoms with van der Waals surface area (Å²) in [6.45, 7) is 0.126. The van der Waals surface area contributed by atoms with Gasteiger partial charge in [-0.05, 0) is 35.4 Å². The van der Waals surface area contributed by atoms with E-state index in [4.69, 9.17) is 15.2 Å². The lowest BCUT2D eigenvalue weighted by atomic mass is 10.1. The first-order valence-electron chi connectivity index (χ1n) is 6.68. The van der Waals surface area contributed by atoms with Crippen LogP contribution in [0.4, 0.5) is 17.6 Å². The summed E-state index contributed by atoms with van der Waals surface area (Å²) in [5.41, 5.74) is 5.76. The SMILES string of the molecule is COc1cc([C@H](N)C(F)(F)F)ccc1OCc1ccc(F)cc1. The molecule has 0 bridgehead atoms. The summed E-state index contributed by atoms with van der Waals surface area (Å²) in [5.74, 6) is 0.0519. The molecule has 0 aliphatic heterocycles. The molecule has 7 heteroatoms. The topological polar surface area (TPSA) is 44.5 Å². The van der Waals surface area contributed by atoms with Gasteiger partial charge in [0.05, 0.1) is 7.11 Å². The van der Waals surface area contributed by atoms with Gasteiger partial charge in [-0.1, -0.05) is 18.2 Å². The standard InChI is InChI=1S/C16H15F4NO2/c1-22-14-8-11(15(21)16(18,19)20)4-7-13(14)23-9-10-2-5-12(17)6-3-10/h2-8,15H,9,21H2,1H3/t15-/m0/s1. The molecule has 0 aliphatic carbocycles. The Morgan fingerprint density at radius 2 is 1.70 bits per heavy atom. The third-order valence-corrected chi connectivity index (χ3v) is 3.21. The molecule has 0 aliphatic rings. The molecular weight excluding hydrogens is 314 g/mol. The number of nitrogens with two attached hydrogens (primary N) is 1. The molecule has 0 amide bonds. The van der Waals surface area contributed by atoms with E-state index in [9.17, 15) is 17.6 Å². The van der Waals surface area contributed by atoms with E-state index in [1.165, 1.54) is 37.4 Å². The Morgan fingerprint density at radius 1 is 1.04 bits per heavy atom. The molecular formula is C16H15F4NO2. The lowest BCUT2D eigenvalue weighted by molar-refractivity contribution is -0.149. The molecule has 23 heavy (non-hydrogen) atoms. The van der Waals surface area contributed by atoms with Gasteiger partial charge < -0.3 is 15.2 Å². The first-order valence-corrected chi connectivity index (χ1v) is 6.68. The highest BCUT2D eigenvalue weighted by atomic mass is 19.4. The van der Waals surface area contributed by atoms with Gasteiger partial charge in [0.25, 0.3) is 0 Å². The Labute approximate surface area is 130 Å². The summed E-state index contributed by atoms with van der Waals surface area (Å²) in [4.78, 5) is 0. The van der Waals surface area contributed by atoms with E-state index in [1.54, 1.807) is 12.1 Å². The van der Waals surface area contributed by atoms with Crippen LogP contribution < -0.4 is 15.2 Å². The molecule has 0 fully saturated rings. The lowest BCUT2D eigenvalue weighted by Crippen LogP contribution is -2.28. The number of halogens is 4. The van der Waals surface area contributed by atoms with E-state index in [-0.39, 0.29) is 29.5 Å². The van der Waals surface area contributed by atoms with Gasteiger partial charge in [-0.15, -0.1) is 0 Å². The molecule has 124 valence electrons. The van der Waals surface area contributed by atoms with Crippen molar-refractivity contribution in [1.82, 2.24) is 0 Å². The molecule has 0 saturated heterocycles. The summed E-state index contributed by atoms with van der Waals surface area (Å²) in [6.07, 6.45) is -4.54. The second-order valence-corrected chi connectivity index (χ2v) is 4.84. The van der Waals surface area contributed by atoms with Crippen molar-refractivity contribution in [2.24, 2.45) is 5.73 Å². The molecule has 0 radical (unpaired) electrons. The Balaban J connectivity index is 2.15. The number of methoxy groups -OCH3 is 1. The number of hydrogen-bond acceptors (Lipinski definition) is 3. The van der Waals surface area contributed by atoms with Crippen molar-refractivity contribution in [3.63, 3.8) is 0 Å². The molecule has 0 unspecified atom stereocenters. The molecule has 0 spiro atoms. The fourth-order valence-electron chi connectivity index (χ4n) is 1.93. The monoisotopic (exact) mass is 329 g/mol. The fraction of sp³-hybridized carbons (Fsp3) is 0.250. The molecule has 3 nitrogen and oxygen atoms in total. The van der Waals surface area contributed by atoms with Crippen LogP contribution in [-0.2, 0) is 6.61 Å². The van der Waals surface area contributed by atoms with Gasteiger partial charge in [0.2, 0.25) is 0 Å². The van der Waals surface area contributed by atoms with Crippen molar-refractivity contribution in [3.8, 4) is 11.5 Å². The molecule has 1 atom stereocenters.